The molecule has 2 aromatic heterocycles. The lowest BCUT2D eigenvalue weighted by molar-refractivity contribution is 0.576. The predicted octanol–water partition coefficient (Wildman–Crippen LogP) is 3.68. The first kappa shape index (κ1) is 14.2. The molecule has 0 saturated heterocycles. The third kappa shape index (κ3) is 3.46. The highest BCUT2D eigenvalue weighted by molar-refractivity contribution is 5.36. The second-order valence-electron chi connectivity index (χ2n) is 5.88. The highest BCUT2D eigenvalue weighted by Crippen LogP contribution is 2.31. The molecule has 1 aliphatic rings. The van der Waals surface area contributed by atoms with Crippen LogP contribution >= 0.6 is 0 Å². The molecule has 1 fully saturated rings. The second-order valence-corrected chi connectivity index (χ2v) is 5.88. The number of hydrogen-bond acceptors (Lipinski definition) is 3. The van der Waals surface area contributed by atoms with Gasteiger partial charge in [-0.15, -0.1) is 0 Å². The number of nitrogens with zero attached hydrogens (tertiary/aromatic N) is 3. The lowest BCUT2D eigenvalue weighted by Crippen LogP contribution is -2.07. The molecule has 0 radical (unpaired) electrons. The average Bonchev–Trinajstić information content (AvgIpc) is 3.07. The number of imidazole rings is 1. The summed E-state index contributed by atoms with van der Waals surface area (Å²) in [6.07, 6.45) is 11.9. The van der Waals surface area contributed by atoms with Crippen LogP contribution in [0.1, 0.15) is 62.9 Å². The van der Waals surface area contributed by atoms with E-state index >= 15 is 0 Å². The molecule has 2 N–H and O–H groups in total. The summed E-state index contributed by atoms with van der Waals surface area (Å²) in [4.78, 5) is 4.37. The molecular weight excluding hydrogens is 262 g/mol. The molecule has 0 aliphatic heterocycles. The average molecular weight is 287 g/mol. The third-order valence-electron chi connectivity index (χ3n) is 4.46. The largest absolute Gasteiger partial charge is 0.361 e. The van der Waals surface area contributed by atoms with E-state index in [2.05, 4.69) is 38.1 Å². The van der Waals surface area contributed by atoms with Gasteiger partial charge in [0.25, 0.3) is 0 Å². The third-order valence-corrected chi connectivity index (χ3v) is 4.46. The molecule has 0 spiro atoms. The van der Waals surface area contributed by atoms with Crippen LogP contribution in [0, 0.1) is 0 Å². The van der Waals surface area contributed by atoms with Crippen molar-refractivity contribution < 1.29 is 0 Å². The van der Waals surface area contributed by atoms with E-state index < -0.39 is 0 Å². The van der Waals surface area contributed by atoms with Crippen LogP contribution in [-0.4, -0.2) is 19.7 Å². The van der Waals surface area contributed by atoms with Crippen LogP contribution in [0.15, 0.2) is 18.5 Å². The SMILES string of the molecule is CCn1ccnc1CNc1cc(C2CCCCCC2)[nH]n1. The Morgan fingerprint density at radius 1 is 1.29 bits per heavy atom. The summed E-state index contributed by atoms with van der Waals surface area (Å²) in [5, 5.41) is 11.0. The van der Waals surface area contributed by atoms with E-state index in [1.165, 1.54) is 44.2 Å². The normalized spacial score (nSPS) is 16.8. The molecule has 5 heteroatoms. The number of aromatic amines is 1. The molecule has 1 aliphatic carbocycles. The summed E-state index contributed by atoms with van der Waals surface area (Å²) >= 11 is 0. The van der Waals surface area contributed by atoms with Gasteiger partial charge in [0.1, 0.15) is 11.6 Å². The van der Waals surface area contributed by atoms with Crippen LogP contribution in [0.2, 0.25) is 0 Å². The first-order chi connectivity index (χ1) is 10.4. The smallest absolute Gasteiger partial charge is 0.148 e. The number of nitrogens with one attached hydrogen (secondary N) is 2. The van der Waals surface area contributed by atoms with Crippen molar-refractivity contribution in [3.05, 3.63) is 30.0 Å². The van der Waals surface area contributed by atoms with Crippen molar-refractivity contribution >= 4 is 5.82 Å². The topological polar surface area (TPSA) is 58.5 Å². The van der Waals surface area contributed by atoms with Gasteiger partial charge < -0.3 is 9.88 Å². The Labute approximate surface area is 126 Å². The van der Waals surface area contributed by atoms with Gasteiger partial charge in [0.15, 0.2) is 0 Å². The van der Waals surface area contributed by atoms with Gasteiger partial charge in [0.05, 0.1) is 6.54 Å². The van der Waals surface area contributed by atoms with Crippen molar-refractivity contribution in [1.82, 2.24) is 19.7 Å². The number of aryl methyl sites for hydroxylation is 1. The summed E-state index contributed by atoms with van der Waals surface area (Å²) in [6, 6.07) is 2.18. The Morgan fingerprint density at radius 2 is 2.10 bits per heavy atom. The molecule has 3 rings (SSSR count). The molecule has 0 amide bonds. The van der Waals surface area contributed by atoms with Gasteiger partial charge in [0.2, 0.25) is 0 Å². The summed E-state index contributed by atoms with van der Waals surface area (Å²) in [7, 11) is 0. The van der Waals surface area contributed by atoms with Gasteiger partial charge in [-0.25, -0.2) is 4.98 Å². The minimum atomic E-state index is 0.660. The molecule has 2 heterocycles. The standard InChI is InChI=1S/C16H25N5/c1-2-21-10-9-17-16(21)12-18-15-11-14(19-20-15)13-7-5-3-4-6-8-13/h9-11,13H,2-8,12H2,1H3,(H2,18,19,20). The first-order valence-electron chi connectivity index (χ1n) is 8.16. The van der Waals surface area contributed by atoms with Crippen LogP contribution in [0.25, 0.3) is 0 Å². The van der Waals surface area contributed by atoms with E-state index in [4.69, 9.17) is 0 Å². The Morgan fingerprint density at radius 3 is 2.86 bits per heavy atom. The van der Waals surface area contributed by atoms with Crippen molar-refractivity contribution in [3.63, 3.8) is 0 Å². The maximum absolute atomic E-state index is 4.40. The predicted molar refractivity (Wildman–Crippen MR) is 84.3 cm³/mol. The summed E-state index contributed by atoms with van der Waals surface area (Å²) in [6.45, 7) is 3.80. The Balaban J connectivity index is 1.59. The zero-order chi connectivity index (χ0) is 14.5. The maximum Gasteiger partial charge on any atom is 0.148 e. The van der Waals surface area contributed by atoms with Crippen LogP contribution < -0.4 is 5.32 Å². The number of aromatic nitrogens is 4. The Bertz CT molecular complexity index is 549. The maximum atomic E-state index is 4.40. The fourth-order valence-electron chi connectivity index (χ4n) is 3.19. The Hall–Kier alpha value is -1.78. The van der Waals surface area contributed by atoms with E-state index in [9.17, 15) is 0 Å². The molecule has 114 valence electrons. The van der Waals surface area contributed by atoms with Crippen LogP contribution in [0.5, 0.6) is 0 Å². The van der Waals surface area contributed by atoms with Gasteiger partial charge in [-0.1, -0.05) is 25.7 Å². The quantitative estimate of drug-likeness (QED) is 0.825. The fraction of sp³-hybridized carbons (Fsp3) is 0.625. The molecule has 0 unspecified atom stereocenters. The highest BCUT2D eigenvalue weighted by atomic mass is 15.2. The lowest BCUT2D eigenvalue weighted by atomic mass is 9.97. The van der Waals surface area contributed by atoms with Crippen molar-refractivity contribution in [2.75, 3.05) is 5.32 Å². The molecule has 0 bridgehead atoms. The van der Waals surface area contributed by atoms with Crippen LogP contribution in [-0.2, 0) is 13.1 Å². The minimum Gasteiger partial charge on any atom is -0.361 e. The molecule has 0 aromatic carbocycles. The van der Waals surface area contributed by atoms with E-state index in [0.29, 0.717) is 5.92 Å². The lowest BCUT2D eigenvalue weighted by Gasteiger charge is -2.10. The van der Waals surface area contributed by atoms with Crippen molar-refractivity contribution in [1.29, 1.82) is 0 Å². The van der Waals surface area contributed by atoms with Gasteiger partial charge >= 0.3 is 0 Å². The van der Waals surface area contributed by atoms with Crippen LogP contribution in [0.4, 0.5) is 5.82 Å². The summed E-state index contributed by atoms with van der Waals surface area (Å²) in [5.74, 6) is 2.64. The summed E-state index contributed by atoms with van der Waals surface area (Å²) in [5.41, 5.74) is 1.29. The Kier molecular flexibility index (Phi) is 4.58. The molecule has 5 nitrogen and oxygen atoms in total. The second kappa shape index (κ2) is 6.78. The minimum absolute atomic E-state index is 0.660. The van der Waals surface area contributed by atoms with Crippen LogP contribution in [0.3, 0.4) is 0 Å². The monoisotopic (exact) mass is 287 g/mol. The number of anilines is 1. The van der Waals surface area contributed by atoms with Gasteiger partial charge in [-0.3, -0.25) is 5.10 Å². The molecule has 1 saturated carbocycles. The number of rotatable bonds is 5. The van der Waals surface area contributed by atoms with Crippen molar-refractivity contribution in [3.8, 4) is 0 Å². The van der Waals surface area contributed by atoms with E-state index in [-0.39, 0.29) is 0 Å². The van der Waals surface area contributed by atoms with Gasteiger partial charge in [-0.2, -0.15) is 5.10 Å². The highest BCUT2D eigenvalue weighted by Gasteiger charge is 2.16. The number of H-pyrrole nitrogens is 1. The first-order valence-corrected chi connectivity index (χ1v) is 8.16. The zero-order valence-corrected chi connectivity index (χ0v) is 12.8. The van der Waals surface area contributed by atoms with Gasteiger partial charge in [0, 0.05) is 36.6 Å². The fourth-order valence-corrected chi connectivity index (χ4v) is 3.19. The number of hydrogen-bond donors (Lipinski definition) is 2. The summed E-state index contributed by atoms with van der Waals surface area (Å²) < 4.78 is 2.14. The molecule has 0 atom stereocenters. The zero-order valence-electron chi connectivity index (χ0n) is 12.8. The van der Waals surface area contributed by atoms with Crippen molar-refractivity contribution in [2.45, 2.75) is 64.5 Å². The van der Waals surface area contributed by atoms with E-state index in [1.807, 2.05) is 12.4 Å². The van der Waals surface area contributed by atoms with E-state index in [0.717, 1.165) is 24.7 Å². The van der Waals surface area contributed by atoms with E-state index in [1.54, 1.807) is 0 Å². The molecular formula is C16H25N5. The van der Waals surface area contributed by atoms with Gasteiger partial charge in [-0.05, 0) is 19.8 Å². The molecule has 21 heavy (non-hydrogen) atoms. The van der Waals surface area contributed by atoms with Crippen molar-refractivity contribution in [2.24, 2.45) is 0 Å². The molecule has 2 aromatic rings.